The number of thioether (sulfide) groups is 1. The molecule has 2 rings (SSSR count). The molecule has 0 saturated carbocycles. The van der Waals surface area contributed by atoms with E-state index < -0.39 is 0 Å². The van der Waals surface area contributed by atoms with Gasteiger partial charge in [-0.25, -0.2) is 0 Å². The maximum Gasteiger partial charge on any atom is 0.233 e. The van der Waals surface area contributed by atoms with Crippen LogP contribution in [0.4, 0.5) is 0 Å². The van der Waals surface area contributed by atoms with Crippen LogP contribution in [0.3, 0.4) is 0 Å². The average molecular weight is 322 g/mol. The molecular formula is C15H18N2O4S. The first kappa shape index (κ1) is 16.3. The molecule has 118 valence electrons. The van der Waals surface area contributed by atoms with Gasteiger partial charge in [0.2, 0.25) is 5.91 Å². The molecule has 0 bridgehead atoms. The van der Waals surface area contributed by atoms with Crippen molar-refractivity contribution < 1.29 is 19.0 Å². The summed E-state index contributed by atoms with van der Waals surface area (Å²) in [6.07, 6.45) is 0.295. The van der Waals surface area contributed by atoms with Gasteiger partial charge in [-0.15, -0.1) is 11.8 Å². The highest BCUT2D eigenvalue weighted by atomic mass is 32.2. The number of benzene rings is 1. The van der Waals surface area contributed by atoms with Crippen LogP contribution in [0.1, 0.15) is 17.4 Å². The van der Waals surface area contributed by atoms with Gasteiger partial charge in [0.15, 0.2) is 0 Å². The summed E-state index contributed by atoms with van der Waals surface area (Å²) < 4.78 is 16.1. The van der Waals surface area contributed by atoms with Crippen molar-refractivity contribution in [3.05, 3.63) is 17.7 Å². The fraction of sp³-hybridized carbons (Fsp3) is 0.467. The van der Waals surface area contributed by atoms with Gasteiger partial charge in [0, 0.05) is 18.7 Å². The van der Waals surface area contributed by atoms with Gasteiger partial charge in [0.25, 0.3) is 0 Å². The van der Waals surface area contributed by atoms with Crippen molar-refractivity contribution in [1.82, 2.24) is 4.90 Å². The Labute approximate surface area is 133 Å². The van der Waals surface area contributed by atoms with Gasteiger partial charge in [-0.3, -0.25) is 4.79 Å². The van der Waals surface area contributed by atoms with Crippen LogP contribution in [-0.2, 0) is 4.79 Å². The molecule has 0 N–H and O–H groups in total. The summed E-state index contributed by atoms with van der Waals surface area (Å²) >= 11 is 1.50. The molecule has 0 aromatic heterocycles. The van der Waals surface area contributed by atoms with E-state index in [-0.39, 0.29) is 11.3 Å². The lowest BCUT2D eigenvalue weighted by Crippen LogP contribution is -2.29. The van der Waals surface area contributed by atoms with E-state index in [2.05, 4.69) is 6.07 Å². The number of amides is 1. The Kier molecular flexibility index (Phi) is 5.39. The minimum absolute atomic E-state index is 0.0187. The fourth-order valence-electron chi connectivity index (χ4n) is 2.38. The largest absolute Gasteiger partial charge is 0.496 e. The summed E-state index contributed by atoms with van der Waals surface area (Å²) in [6, 6.07) is 5.61. The van der Waals surface area contributed by atoms with Crippen LogP contribution in [0.2, 0.25) is 0 Å². The predicted molar refractivity (Wildman–Crippen MR) is 83.2 cm³/mol. The first-order chi connectivity index (χ1) is 10.7. The SMILES string of the molecule is COc1cc(OC)c(C2SCC(=O)N2CCC#N)c(OC)c1. The highest BCUT2D eigenvalue weighted by Crippen LogP contribution is 2.48. The van der Waals surface area contributed by atoms with E-state index in [4.69, 9.17) is 19.5 Å². The number of carbonyl (C=O) groups excluding carboxylic acids is 1. The van der Waals surface area contributed by atoms with Crippen molar-refractivity contribution in [3.8, 4) is 23.3 Å². The molecule has 7 heteroatoms. The molecule has 1 aliphatic heterocycles. The molecule has 0 spiro atoms. The number of carbonyl (C=O) groups is 1. The molecule has 1 amide bonds. The summed E-state index contributed by atoms with van der Waals surface area (Å²) in [7, 11) is 4.71. The molecule has 1 atom stereocenters. The smallest absolute Gasteiger partial charge is 0.233 e. The molecule has 1 unspecified atom stereocenters. The lowest BCUT2D eigenvalue weighted by Gasteiger charge is -2.26. The van der Waals surface area contributed by atoms with E-state index in [9.17, 15) is 4.79 Å². The third kappa shape index (κ3) is 3.07. The number of hydrogen-bond donors (Lipinski definition) is 0. The van der Waals surface area contributed by atoms with Crippen molar-refractivity contribution in [2.24, 2.45) is 0 Å². The van der Waals surface area contributed by atoms with Gasteiger partial charge in [-0.2, -0.15) is 5.26 Å². The zero-order chi connectivity index (χ0) is 16.1. The van der Waals surface area contributed by atoms with Crippen LogP contribution in [0, 0.1) is 11.3 Å². The van der Waals surface area contributed by atoms with E-state index in [0.717, 1.165) is 5.56 Å². The summed E-state index contributed by atoms with van der Waals surface area (Å²) in [5.41, 5.74) is 0.791. The third-order valence-corrected chi connectivity index (χ3v) is 4.65. The number of methoxy groups -OCH3 is 3. The number of rotatable bonds is 6. The van der Waals surface area contributed by atoms with Gasteiger partial charge in [0.05, 0.1) is 45.1 Å². The minimum Gasteiger partial charge on any atom is -0.496 e. The van der Waals surface area contributed by atoms with Gasteiger partial charge < -0.3 is 19.1 Å². The molecule has 1 saturated heterocycles. The van der Waals surface area contributed by atoms with Crippen molar-refractivity contribution in [2.75, 3.05) is 33.6 Å². The summed E-state index contributed by atoms with van der Waals surface area (Å²) in [5, 5.41) is 8.55. The molecule has 6 nitrogen and oxygen atoms in total. The molecule has 1 aromatic carbocycles. The first-order valence-corrected chi connectivity index (χ1v) is 7.79. The zero-order valence-corrected chi connectivity index (χ0v) is 13.6. The summed E-state index contributed by atoms with van der Waals surface area (Å²) in [6.45, 7) is 0.394. The number of ether oxygens (including phenoxy) is 3. The fourth-order valence-corrected chi connectivity index (χ4v) is 3.65. The zero-order valence-electron chi connectivity index (χ0n) is 12.8. The second-order valence-corrected chi connectivity index (χ2v) is 5.67. The third-order valence-electron chi connectivity index (χ3n) is 3.43. The van der Waals surface area contributed by atoms with Crippen molar-refractivity contribution in [2.45, 2.75) is 11.8 Å². The maximum atomic E-state index is 12.1. The number of nitrogens with zero attached hydrogens (tertiary/aromatic N) is 2. The first-order valence-electron chi connectivity index (χ1n) is 6.74. The number of hydrogen-bond acceptors (Lipinski definition) is 6. The van der Waals surface area contributed by atoms with Crippen molar-refractivity contribution in [3.63, 3.8) is 0 Å². The Morgan fingerprint density at radius 2 is 1.91 bits per heavy atom. The van der Waals surface area contributed by atoms with Gasteiger partial charge >= 0.3 is 0 Å². The van der Waals surface area contributed by atoms with E-state index in [0.29, 0.717) is 36.0 Å². The van der Waals surface area contributed by atoms with E-state index in [1.807, 2.05) is 0 Å². The van der Waals surface area contributed by atoms with Gasteiger partial charge in [0.1, 0.15) is 22.6 Å². The van der Waals surface area contributed by atoms with E-state index in [1.165, 1.54) is 11.8 Å². The Morgan fingerprint density at radius 3 is 2.41 bits per heavy atom. The topological polar surface area (TPSA) is 71.8 Å². The van der Waals surface area contributed by atoms with Crippen molar-refractivity contribution >= 4 is 17.7 Å². The van der Waals surface area contributed by atoms with E-state index in [1.54, 1.807) is 38.4 Å². The second-order valence-electron chi connectivity index (χ2n) is 4.60. The predicted octanol–water partition coefficient (Wildman–Crippen LogP) is 2.20. The molecule has 1 aromatic rings. The van der Waals surface area contributed by atoms with Crippen molar-refractivity contribution in [1.29, 1.82) is 5.26 Å². The van der Waals surface area contributed by atoms with Crippen LogP contribution in [0.25, 0.3) is 0 Å². The van der Waals surface area contributed by atoms with Crippen LogP contribution < -0.4 is 14.2 Å². The Bertz CT molecular complexity index is 575. The monoisotopic (exact) mass is 322 g/mol. The van der Waals surface area contributed by atoms with Crippen LogP contribution >= 0.6 is 11.8 Å². The summed E-state index contributed by atoms with van der Waals surface area (Å²) in [5.74, 6) is 2.23. The maximum absolute atomic E-state index is 12.1. The van der Waals surface area contributed by atoms with E-state index >= 15 is 0 Å². The highest BCUT2D eigenvalue weighted by molar-refractivity contribution is 8.00. The Morgan fingerprint density at radius 1 is 1.27 bits per heavy atom. The van der Waals surface area contributed by atoms with Crippen LogP contribution in [0.15, 0.2) is 12.1 Å². The normalized spacial score (nSPS) is 17.3. The quantitative estimate of drug-likeness (QED) is 0.799. The molecular weight excluding hydrogens is 304 g/mol. The second kappa shape index (κ2) is 7.27. The lowest BCUT2D eigenvalue weighted by molar-refractivity contribution is -0.128. The van der Waals surface area contributed by atoms with Crippen LogP contribution in [-0.4, -0.2) is 44.4 Å². The summed E-state index contributed by atoms with van der Waals surface area (Å²) in [4.78, 5) is 13.8. The molecule has 1 heterocycles. The molecule has 1 fully saturated rings. The Balaban J connectivity index is 2.45. The number of nitriles is 1. The molecule has 0 radical (unpaired) electrons. The molecule has 0 aliphatic carbocycles. The molecule has 1 aliphatic rings. The lowest BCUT2D eigenvalue weighted by atomic mass is 10.1. The van der Waals surface area contributed by atoms with Gasteiger partial charge in [-0.05, 0) is 0 Å². The highest BCUT2D eigenvalue weighted by Gasteiger charge is 2.36. The minimum atomic E-state index is -0.225. The van der Waals surface area contributed by atoms with Crippen LogP contribution in [0.5, 0.6) is 17.2 Å². The van der Waals surface area contributed by atoms with Gasteiger partial charge in [-0.1, -0.05) is 0 Å². The average Bonchev–Trinajstić information content (AvgIpc) is 2.91. The molecule has 22 heavy (non-hydrogen) atoms. The standard InChI is InChI=1S/C15H18N2O4S/c1-19-10-7-11(20-2)14(12(8-10)21-3)15-17(6-4-5-16)13(18)9-22-15/h7-8,15H,4,6,9H2,1-3H3. The Hall–Kier alpha value is -2.07.